The molecular weight excluding hydrogens is 278 g/mol. The Labute approximate surface area is 122 Å². The molecule has 118 valence electrons. The van der Waals surface area contributed by atoms with Crippen molar-refractivity contribution in [2.45, 2.75) is 26.7 Å². The Morgan fingerprint density at radius 1 is 1.25 bits per heavy atom. The van der Waals surface area contributed by atoms with Gasteiger partial charge in [-0.3, -0.25) is 4.79 Å². The molecule has 0 atom stereocenters. The van der Waals surface area contributed by atoms with Gasteiger partial charge < -0.3 is 10.2 Å². The SMILES string of the molecule is CCN(CC)CCNC(=O)C1CCN(S(C)(=O)=O)CC1. The molecule has 1 fully saturated rings. The van der Waals surface area contributed by atoms with Gasteiger partial charge in [-0.2, -0.15) is 0 Å². The molecule has 6 nitrogen and oxygen atoms in total. The van der Waals surface area contributed by atoms with Gasteiger partial charge in [-0.15, -0.1) is 0 Å². The molecule has 0 saturated carbocycles. The average molecular weight is 305 g/mol. The first-order valence-electron chi connectivity index (χ1n) is 7.33. The molecule has 1 aliphatic rings. The van der Waals surface area contributed by atoms with Gasteiger partial charge in [-0.05, 0) is 25.9 Å². The Balaban J connectivity index is 2.29. The maximum atomic E-state index is 12.0. The van der Waals surface area contributed by atoms with E-state index >= 15 is 0 Å². The number of hydrogen-bond donors (Lipinski definition) is 1. The van der Waals surface area contributed by atoms with Crippen molar-refractivity contribution in [2.24, 2.45) is 5.92 Å². The van der Waals surface area contributed by atoms with Crippen molar-refractivity contribution in [3.8, 4) is 0 Å². The quantitative estimate of drug-likeness (QED) is 0.725. The van der Waals surface area contributed by atoms with Gasteiger partial charge in [0.05, 0.1) is 6.26 Å². The van der Waals surface area contributed by atoms with Crippen LogP contribution in [0.4, 0.5) is 0 Å². The number of likely N-dealkylation sites (N-methyl/N-ethyl adjacent to an activating group) is 1. The molecule has 0 aromatic carbocycles. The van der Waals surface area contributed by atoms with E-state index in [0.717, 1.165) is 19.6 Å². The molecule has 1 saturated heterocycles. The van der Waals surface area contributed by atoms with E-state index in [1.165, 1.54) is 10.6 Å². The van der Waals surface area contributed by atoms with Gasteiger partial charge in [0.2, 0.25) is 15.9 Å². The van der Waals surface area contributed by atoms with Crippen LogP contribution < -0.4 is 5.32 Å². The Kier molecular flexibility index (Phi) is 6.91. The molecule has 1 amide bonds. The van der Waals surface area contributed by atoms with E-state index in [-0.39, 0.29) is 11.8 Å². The summed E-state index contributed by atoms with van der Waals surface area (Å²) in [5.41, 5.74) is 0. The molecule has 1 rings (SSSR count). The fraction of sp³-hybridized carbons (Fsp3) is 0.923. The predicted octanol–water partition coefficient (Wildman–Crippen LogP) is 0.116. The minimum atomic E-state index is -3.12. The highest BCUT2D eigenvalue weighted by atomic mass is 32.2. The highest BCUT2D eigenvalue weighted by molar-refractivity contribution is 7.88. The second kappa shape index (κ2) is 7.95. The lowest BCUT2D eigenvalue weighted by Crippen LogP contribution is -2.44. The van der Waals surface area contributed by atoms with Gasteiger partial charge in [0.1, 0.15) is 0 Å². The van der Waals surface area contributed by atoms with E-state index in [0.29, 0.717) is 32.5 Å². The number of amides is 1. The molecule has 7 heteroatoms. The fourth-order valence-corrected chi connectivity index (χ4v) is 3.35. The summed E-state index contributed by atoms with van der Waals surface area (Å²) < 4.78 is 24.2. The van der Waals surface area contributed by atoms with Crippen molar-refractivity contribution in [3.63, 3.8) is 0 Å². The van der Waals surface area contributed by atoms with Crippen LogP contribution in [0.2, 0.25) is 0 Å². The van der Waals surface area contributed by atoms with Crippen LogP contribution in [0.25, 0.3) is 0 Å². The number of rotatable bonds is 7. The maximum absolute atomic E-state index is 12.0. The minimum absolute atomic E-state index is 0.0512. The number of hydrogen-bond acceptors (Lipinski definition) is 4. The van der Waals surface area contributed by atoms with Gasteiger partial charge in [-0.1, -0.05) is 13.8 Å². The standard InChI is InChI=1S/C13H27N3O3S/c1-4-15(5-2)11-8-14-13(17)12-6-9-16(10-7-12)20(3,18)19/h12H,4-11H2,1-3H3,(H,14,17). The zero-order valence-electron chi connectivity index (χ0n) is 12.8. The molecule has 1 heterocycles. The first kappa shape index (κ1) is 17.4. The van der Waals surface area contributed by atoms with Crippen LogP contribution in [-0.4, -0.2) is 69.1 Å². The molecule has 0 bridgehead atoms. The summed E-state index contributed by atoms with van der Waals surface area (Å²) >= 11 is 0. The Morgan fingerprint density at radius 2 is 1.80 bits per heavy atom. The molecule has 20 heavy (non-hydrogen) atoms. The zero-order chi connectivity index (χ0) is 15.2. The monoisotopic (exact) mass is 305 g/mol. The molecule has 0 unspecified atom stereocenters. The molecule has 0 aromatic rings. The second-order valence-corrected chi connectivity index (χ2v) is 7.24. The number of piperidine rings is 1. The highest BCUT2D eigenvalue weighted by Gasteiger charge is 2.28. The number of carbonyl (C=O) groups is 1. The Bertz CT molecular complexity index is 399. The van der Waals surface area contributed by atoms with E-state index in [9.17, 15) is 13.2 Å². The molecule has 1 N–H and O–H groups in total. The van der Waals surface area contributed by atoms with Gasteiger partial charge in [0, 0.05) is 32.1 Å². The maximum Gasteiger partial charge on any atom is 0.223 e. The summed E-state index contributed by atoms with van der Waals surface area (Å²) in [6.07, 6.45) is 2.45. The lowest BCUT2D eigenvalue weighted by Gasteiger charge is -2.29. The van der Waals surface area contributed by atoms with Gasteiger partial charge in [0.25, 0.3) is 0 Å². The third kappa shape index (κ3) is 5.38. The summed E-state index contributed by atoms with van der Waals surface area (Å²) in [5, 5.41) is 2.96. The lowest BCUT2D eigenvalue weighted by molar-refractivity contribution is -0.126. The van der Waals surface area contributed by atoms with E-state index in [4.69, 9.17) is 0 Å². The van der Waals surface area contributed by atoms with Crippen LogP contribution in [0, 0.1) is 5.92 Å². The third-order valence-corrected chi connectivity index (χ3v) is 5.22. The van der Waals surface area contributed by atoms with Crippen molar-refractivity contribution in [3.05, 3.63) is 0 Å². The molecule has 0 spiro atoms. The van der Waals surface area contributed by atoms with Crippen LogP contribution in [0.15, 0.2) is 0 Å². The van der Waals surface area contributed by atoms with Crippen LogP contribution in [0.3, 0.4) is 0 Å². The second-order valence-electron chi connectivity index (χ2n) is 5.25. The summed E-state index contributed by atoms with van der Waals surface area (Å²) in [5.74, 6) is 0.00927. The third-order valence-electron chi connectivity index (χ3n) is 3.92. The van der Waals surface area contributed by atoms with E-state index < -0.39 is 10.0 Å². The van der Waals surface area contributed by atoms with Crippen molar-refractivity contribution in [2.75, 3.05) is 45.5 Å². The summed E-state index contributed by atoms with van der Waals surface area (Å²) in [6.45, 7) is 8.60. The van der Waals surface area contributed by atoms with Crippen molar-refractivity contribution >= 4 is 15.9 Å². The molecule has 0 aliphatic carbocycles. The van der Waals surface area contributed by atoms with Gasteiger partial charge >= 0.3 is 0 Å². The summed E-state index contributed by atoms with van der Waals surface area (Å²) in [7, 11) is -3.12. The van der Waals surface area contributed by atoms with E-state index in [2.05, 4.69) is 24.1 Å². The van der Waals surface area contributed by atoms with E-state index in [1.54, 1.807) is 0 Å². The van der Waals surface area contributed by atoms with Gasteiger partial charge in [0.15, 0.2) is 0 Å². The lowest BCUT2D eigenvalue weighted by atomic mass is 9.97. The average Bonchev–Trinajstić information content (AvgIpc) is 2.42. The largest absolute Gasteiger partial charge is 0.355 e. The van der Waals surface area contributed by atoms with Crippen LogP contribution >= 0.6 is 0 Å². The number of carbonyl (C=O) groups excluding carboxylic acids is 1. The minimum Gasteiger partial charge on any atom is -0.355 e. The Hall–Kier alpha value is -0.660. The van der Waals surface area contributed by atoms with Crippen LogP contribution in [0.1, 0.15) is 26.7 Å². The van der Waals surface area contributed by atoms with Crippen LogP contribution in [0.5, 0.6) is 0 Å². The molecule has 1 aliphatic heterocycles. The predicted molar refractivity (Wildman–Crippen MR) is 79.9 cm³/mol. The number of nitrogens with one attached hydrogen (secondary N) is 1. The van der Waals surface area contributed by atoms with Crippen molar-refractivity contribution in [1.29, 1.82) is 0 Å². The van der Waals surface area contributed by atoms with Gasteiger partial charge in [-0.25, -0.2) is 12.7 Å². The number of nitrogens with zero attached hydrogens (tertiary/aromatic N) is 2. The Morgan fingerprint density at radius 3 is 2.25 bits per heavy atom. The van der Waals surface area contributed by atoms with Crippen molar-refractivity contribution in [1.82, 2.24) is 14.5 Å². The first-order valence-corrected chi connectivity index (χ1v) is 9.18. The number of sulfonamides is 1. The van der Waals surface area contributed by atoms with E-state index in [1.807, 2.05) is 0 Å². The zero-order valence-corrected chi connectivity index (χ0v) is 13.6. The molecular formula is C13H27N3O3S. The fourth-order valence-electron chi connectivity index (χ4n) is 2.47. The van der Waals surface area contributed by atoms with Crippen molar-refractivity contribution < 1.29 is 13.2 Å². The summed E-state index contributed by atoms with van der Waals surface area (Å²) in [4.78, 5) is 14.3. The molecule has 0 radical (unpaired) electrons. The highest BCUT2D eigenvalue weighted by Crippen LogP contribution is 2.19. The molecule has 0 aromatic heterocycles. The normalized spacial score (nSPS) is 18.4. The topological polar surface area (TPSA) is 69.7 Å². The van der Waals surface area contributed by atoms with Crippen LogP contribution in [-0.2, 0) is 14.8 Å². The first-order chi connectivity index (χ1) is 9.38. The smallest absolute Gasteiger partial charge is 0.223 e. The summed E-state index contributed by atoms with van der Waals surface area (Å²) in [6, 6.07) is 0.